The third kappa shape index (κ3) is 3.24. The summed E-state index contributed by atoms with van der Waals surface area (Å²) in [7, 11) is 0. The maximum Gasteiger partial charge on any atom is 0.258 e. The van der Waals surface area contributed by atoms with Gasteiger partial charge in [-0.3, -0.25) is 4.79 Å². The molecule has 0 aliphatic heterocycles. The van der Waals surface area contributed by atoms with Gasteiger partial charge >= 0.3 is 0 Å². The molecule has 3 heterocycles. The molecule has 0 saturated heterocycles. The van der Waals surface area contributed by atoms with E-state index in [9.17, 15) is 4.79 Å². The minimum absolute atomic E-state index is 0.00965. The van der Waals surface area contributed by atoms with Crippen LogP contribution in [0, 0.1) is 6.92 Å². The van der Waals surface area contributed by atoms with Crippen LogP contribution in [-0.4, -0.2) is 24.3 Å². The first-order valence-corrected chi connectivity index (χ1v) is 9.54. The van der Waals surface area contributed by atoms with Gasteiger partial charge in [-0.1, -0.05) is 32.0 Å². The predicted molar refractivity (Wildman–Crippen MR) is 114 cm³/mol. The summed E-state index contributed by atoms with van der Waals surface area (Å²) in [4.78, 5) is 21.4. The molecule has 0 atom stereocenters. The second-order valence-corrected chi connectivity index (χ2v) is 6.69. The number of aromatic nitrogens is 5. The number of nitrogens with two attached hydrogens (primary N) is 1. The number of hydrogen-bond acceptors (Lipinski definition) is 5. The Morgan fingerprint density at radius 3 is 2.57 bits per heavy atom. The van der Waals surface area contributed by atoms with Crippen molar-refractivity contribution in [1.29, 1.82) is 0 Å². The summed E-state index contributed by atoms with van der Waals surface area (Å²) < 4.78 is 3.60. The van der Waals surface area contributed by atoms with Crippen LogP contribution in [0.15, 0.2) is 41.5 Å². The van der Waals surface area contributed by atoms with Crippen LogP contribution in [0.3, 0.4) is 0 Å². The lowest BCUT2D eigenvalue weighted by Gasteiger charge is -2.18. The van der Waals surface area contributed by atoms with Gasteiger partial charge in [-0.15, -0.1) is 0 Å². The third-order valence-corrected chi connectivity index (χ3v) is 4.60. The van der Waals surface area contributed by atoms with Crippen LogP contribution in [0.1, 0.15) is 45.1 Å². The molecule has 0 aliphatic rings. The fourth-order valence-electron chi connectivity index (χ4n) is 3.49. The highest BCUT2D eigenvalue weighted by molar-refractivity contribution is 5.88. The van der Waals surface area contributed by atoms with E-state index in [2.05, 4.69) is 15.1 Å². The Hall–Kier alpha value is -3.22. The number of pyridine rings is 1. The van der Waals surface area contributed by atoms with Gasteiger partial charge in [0.2, 0.25) is 0 Å². The van der Waals surface area contributed by atoms with E-state index in [1.807, 2.05) is 69.5 Å². The van der Waals surface area contributed by atoms with Crippen LogP contribution in [0.5, 0.6) is 0 Å². The number of nitrogen functional groups attached to an aromatic ring is 1. The molecule has 0 aliphatic carbocycles. The molecule has 146 valence electrons. The number of aryl methyl sites for hydroxylation is 1. The first kappa shape index (κ1) is 19.5. The standard InChI is InChI=1S/C19H20N6O.C2H6/c1-11(2)25-14(8-13-6-4-5-7-15(13)19(25)26)9-24-18-16(12(3)23-24)17(20)21-10-22-18;1-2/h4-8,10-11H,9H2,1-3H3,(H2,20,21,22);1-2H3. The zero-order chi connectivity index (χ0) is 20.4. The average molecular weight is 378 g/mol. The smallest absolute Gasteiger partial charge is 0.258 e. The molecule has 1 aromatic carbocycles. The molecule has 7 nitrogen and oxygen atoms in total. The molecule has 28 heavy (non-hydrogen) atoms. The minimum atomic E-state index is 0.00965. The van der Waals surface area contributed by atoms with Crippen LogP contribution < -0.4 is 11.3 Å². The molecule has 7 heteroatoms. The van der Waals surface area contributed by atoms with Crippen molar-refractivity contribution in [2.24, 2.45) is 0 Å². The Morgan fingerprint density at radius 2 is 1.86 bits per heavy atom. The summed E-state index contributed by atoms with van der Waals surface area (Å²) in [5.41, 5.74) is 8.32. The third-order valence-electron chi connectivity index (χ3n) is 4.60. The zero-order valence-electron chi connectivity index (χ0n) is 17.0. The summed E-state index contributed by atoms with van der Waals surface area (Å²) in [5.74, 6) is 0.415. The van der Waals surface area contributed by atoms with Gasteiger partial charge in [-0.2, -0.15) is 5.10 Å². The van der Waals surface area contributed by atoms with Crippen molar-refractivity contribution in [3.05, 3.63) is 58.4 Å². The van der Waals surface area contributed by atoms with Gasteiger partial charge in [0.1, 0.15) is 12.1 Å². The molecular weight excluding hydrogens is 352 g/mol. The van der Waals surface area contributed by atoms with E-state index in [0.29, 0.717) is 18.0 Å². The molecule has 0 radical (unpaired) electrons. The summed E-state index contributed by atoms with van der Waals surface area (Å²) >= 11 is 0. The highest BCUT2D eigenvalue weighted by Gasteiger charge is 2.16. The van der Waals surface area contributed by atoms with Crippen LogP contribution in [0.2, 0.25) is 0 Å². The van der Waals surface area contributed by atoms with Gasteiger partial charge in [0.15, 0.2) is 5.65 Å². The minimum Gasteiger partial charge on any atom is -0.383 e. The van der Waals surface area contributed by atoms with Crippen molar-refractivity contribution in [2.75, 3.05) is 5.73 Å². The molecule has 0 saturated carbocycles. The first-order valence-electron chi connectivity index (χ1n) is 9.54. The number of nitrogens with zero attached hydrogens (tertiary/aromatic N) is 5. The molecule has 0 unspecified atom stereocenters. The van der Waals surface area contributed by atoms with Gasteiger partial charge in [-0.05, 0) is 38.3 Å². The highest BCUT2D eigenvalue weighted by Crippen LogP contribution is 2.22. The van der Waals surface area contributed by atoms with Crippen LogP contribution in [-0.2, 0) is 6.54 Å². The first-order chi connectivity index (χ1) is 13.5. The quantitative estimate of drug-likeness (QED) is 0.587. The molecule has 0 amide bonds. The van der Waals surface area contributed by atoms with Crippen LogP contribution in [0.25, 0.3) is 21.8 Å². The van der Waals surface area contributed by atoms with Gasteiger partial charge in [0, 0.05) is 17.1 Å². The van der Waals surface area contributed by atoms with Gasteiger partial charge in [0.05, 0.1) is 17.6 Å². The van der Waals surface area contributed by atoms with Crippen molar-refractivity contribution in [3.8, 4) is 0 Å². The van der Waals surface area contributed by atoms with Gasteiger partial charge in [0.25, 0.3) is 5.56 Å². The SMILES string of the molecule is CC.Cc1nn(Cc2cc3ccccc3c(=O)n2C(C)C)c2ncnc(N)c12. The van der Waals surface area contributed by atoms with Crippen molar-refractivity contribution >= 4 is 27.6 Å². The lowest BCUT2D eigenvalue weighted by Crippen LogP contribution is -2.26. The summed E-state index contributed by atoms with van der Waals surface area (Å²) in [6.45, 7) is 10.3. The van der Waals surface area contributed by atoms with Crippen molar-refractivity contribution in [3.63, 3.8) is 0 Å². The fraction of sp³-hybridized carbons (Fsp3) is 0.333. The molecule has 3 aromatic heterocycles. The molecule has 2 N–H and O–H groups in total. The fourth-order valence-corrected chi connectivity index (χ4v) is 3.49. The average Bonchev–Trinajstić information content (AvgIpc) is 3.00. The van der Waals surface area contributed by atoms with E-state index in [1.165, 1.54) is 6.33 Å². The van der Waals surface area contributed by atoms with Gasteiger partial charge in [-0.25, -0.2) is 14.6 Å². The van der Waals surface area contributed by atoms with Crippen LogP contribution >= 0.6 is 0 Å². The number of hydrogen-bond donors (Lipinski definition) is 1. The number of benzene rings is 1. The lowest BCUT2D eigenvalue weighted by molar-refractivity contribution is 0.533. The van der Waals surface area contributed by atoms with Gasteiger partial charge < -0.3 is 10.3 Å². The number of anilines is 1. The summed E-state index contributed by atoms with van der Waals surface area (Å²) in [5, 5.41) is 6.97. The Morgan fingerprint density at radius 1 is 1.14 bits per heavy atom. The van der Waals surface area contributed by atoms with Crippen molar-refractivity contribution < 1.29 is 0 Å². The molecule has 0 fully saturated rings. The molecule has 0 bridgehead atoms. The van der Waals surface area contributed by atoms with E-state index in [-0.39, 0.29) is 11.6 Å². The molecular formula is C21H26N6O. The topological polar surface area (TPSA) is 91.6 Å². The number of fused-ring (bicyclic) bond motifs is 2. The lowest BCUT2D eigenvalue weighted by atomic mass is 10.1. The molecule has 4 aromatic rings. The molecule has 0 spiro atoms. The summed E-state index contributed by atoms with van der Waals surface area (Å²) in [6.07, 6.45) is 1.44. The van der Waals surface area contributed by atoms with E-state index in [0.717, 1.165) is 27.5 Å². The normalized spacial score (nSPS) is 11.1. The summed E-state index contributed by atoms with van der Waals surface area (Å²) in [6, 6.07) is 9.72. The van der Waals surface area contributed by atoms with E-state index in [4.69, 9.17) is 5.73 Å². The Bertz CT molecular complexity index is 1190. The zero-order valence-corrected chi connectivity index (χ0v) is 17.0. The molecule has 4 rings (SSSR count). The van der Waals surface area contributed by atoms with Crippen molar-refractivity contribution in [1.82, 2.24) is 24.3 Å². The Kier molecular flexibility index (Phi) is 5.44. The largest absolute Gasteiger partial charge is 0.383 e. The van der Waals surface area contributed by atoms with E-state index >= 15 is 0 Å². The van der Waals surface area contributed by atoms with E-state index in [1.54, 1.807) is 4.68 Å². The number of rotatable bonds is 3. The second-order valence-electron chi connectivity index (χ2n) is 6.69. The predicted octanol–water partition coefficient (Wildman–Crippen LogP) is 3.69. The second kappa shape index (κ2) is 7.80. The maximum absolute atomic E-state index is 13.0. The highest BCUT2D eigenvalue weighted by atomic mass is 16.1. The van der Waals surface area contributed by atoms with Crippen molar-refractivity contribution in [2.45, 2.75) is 47.2 Å². The maximum atomic E-state index is 13.0. The Labute approximate surface area is 163 Å². The van der Waals surface area contributed by atoms with Crippen LogP contribution in [0.4, 0.5) is 5.82 Å². The van der Waals surface area contributed by atoms with E-state index < -0.39 is 0 Å². The Balaban J connectivity index is 0.00000109. The monoisotopic (exact) mass is 378 g/mol.